The number of nitrogens with one attached hydrogen (secondary N) is 1. The minimum Gasteiger partial charge on any atom is -0.378 e. The van der Waals surface area contributed by atoms with Crippen LogP contribution in [-0.2, 0) is 4.74 Å². The fourth-order valence-electron chi connectivity index (χ4n) is 2.45. The normalized spacial score (nSPS) is 13.8. The maximum Gasteiger partial charge on any atom is 0.272 e. The Labute approximate surface area is 144 Å². The largest absolute Gasteiger partial charge is 0.378 e. The van der Waals surface area contributed by atoms with Gasteiger partial charge in [0.2, 0.25) is 0 Å². The van der Waals surface area contributed by atoms with Crippen molar-refractivity contribution >= 4 is 17.5 Å². The van der Waals surface area contributed by atoms with Crippen LogP contribution in [0.1, 0.15) is 26.4 Å². The maximum absolute atomic E-state index is 12.4. The SMILES string of the molecule is N#Cc1ccc(NC(=O)c2ccnc(C(=O)N3CCOCC3)c2)cc1. The van der Waals surface area contributed by atoms with E-state index in [1.165, 1.54) is 12.3 Å². The van der Waals surface area contributed by atoms with Crippen molar-refractivity contribution in [3.63, 3.8) is 0 Å². The Hall–Kier alpha value is -3.24. The molecular weight excluding hydrogens is 320 g/mol. The van der Waals surface area contributed by atoms with Crippen molar-refractivity contribution in [1.82, 2.24) is 9.88 Å². The number of carbonyl (C=O) groups is 2. The van der Waals surface area contributed by atoms with Crippen LogP contribution in [0.2, 0.25) is 0 Å². The number of pyridine rings is 1. The number of anilines is 1. The van der Waals surface area contributed by atoms with Gasteiger partial charge in [-0.05, 0) is 36.4 Å². The van der Waals surface area contributed by atoms with Gasteiger partial charge in [0.1, 0.15) is 5.69 Å². The smallest absolute Gasteiger partial charge is 0.272 e. The topological polar surface area (TPSA) is 95.3 Å². The van der Waals surface area contributed by atoms with Crippen LogP contribution in [-0.4, -0.2) is 48.0 Å². The van der Waals surface area contributed by atoms with Gasteiger partial charge >= 0.3 is 0 Å². The Balaban J connectivity index is 1.72. The van der Waals surface area contributed by atoms with Crippen LogP contribution in [0.3, 0.4) is 0 Å². The fourth-order valence-corrected chi connectivity index (χ4v) is 2.45. The Morgan fingerprint density at radius 3 is 2.56 bits per heavy atom. The molecule has 1 aliphatic heterocycles. The van der Waals surface area contributed by atoms with Crippen molar-refractivity contribution in [3.8, 4) is 6.07 Å². The van der Waals surface area contributed by atoms with Gasteiger partial charge in [-0.25, -0.2) is 0 Å². The van der Waals surface area contributed by atoms with Gasteiger partial charge in [0.05, 0.1) is 24.8 Å². The van der Waals surface area contributed by atoms with Gasteiger partial charge in [0.25, 0.3) is 11.8 Å². The lowest BCUT2D eigenvalue weighted by molar-refractivity contribution is 0.0299. The number of aromatic nitrogens is 1. The van der Waals surface area contributed by atoms with Gasteiger partial charge in [-0.3, -0.25) is 14.6 Å². The molecule has 1 aliphatic rings. The number of nitrogens with zero attached hydrogens (tertiary/aromatic N) is 3. The van der Waals surface area contributed by atoms with E-state index in [1.807, 2.05) is 6.07 Å². The lowest BCUT2D eigenvalue weighted by atomic mass is 10.2. The number of amides is 2. The second-order valence-corrected chi connectivity index (χ2v) is 5.48. The molecule has 1 aromatic heterocycles. The molecule has 2 heterocycles. The summed E-state index contributed by atoms with van der Waals surface area (Å²) in [5, 5.41) is 11.5. The average Bonchev–Trinajstić information content (AvgIpc) is 2.68. The Kier molecular flexibility index (Phi) is 5.02. The number of carbonyl (C=O) groups excluding carboxylic acids is 2. The van der Waals surface area contributed by atoms with E-state index in [2.05, 4.69) is 10.3 Å². The van der Waals surface area contributed by atoms with E-state index in [0.717, 1.165) is 0 Å². The van der Waals surface area contributed by atoms with Gasteiger partial charge in [0, 0.05) is 30.5 Å². The zero-order valence-corrected chi connectivity index (χ0v) is 13.4. The second-order valence-electron chi connectivity index (χ2n) is 5.48. The summed E-state index contributed by atoms with van der Waals surface area (Å²) in [7, 11) is 0. The third-order valence-electron chi connectivity index (χ3n) is 3.81. The second kappa shape index (κ2) is 7.55. The molecule has 0 unspecified atom stereocenters. The molecule has 0 spiro atoms. The highest BCUT2D eigenvalue weighted by Crippen LogP contribution is 2.12. The van der Waals surface area contributed by atoms with Crippen molar-refractivity contribution in [3.05, 3.63) is 59.4 Å². The molecule has 1 N–H and O–H groups in total. The van der Waals surface area contributed by atoms with E-state index in [0.29, 0.717) is 43.1 Å². The molecule has 1 fully saturated rings. The van der Waals surface area contributed by atoms with Crippen molar-refractivity contribution in [2.24, 2.45) is 0 Å². The zero-order chi connectivity index (χ0) is 17.6. The molecule has 1 aromatic carbocycles. The monoisotopic (exact) mass is 336 g/mol. The summed E-state index contributed by atoms with van der Waals surface area (Å²) < 4.78 is 5.23. The van der Waals surface area contributed by atoms with Crippen LogP contribution in [0, 0.1) is 11.3 Å². The molecular formula is C18H16N4O3. The number of benzene rings is 1. The number of hydrogen-bond acceptors (Lipinski definition) is 5. The summed E-state index contributed by atoms with van der Waals surface area (Å²) in [6.45, 7) is 2.04. The van der Waals surface area contributed by atoms with Gasteiger partial charge in [-0.15, -0.1) is 0 Å². The van der Waals surface area contributed by atoms with Crippen molar-refractivity contribution in [1.29, 1.82) is 5.26 Å². The Morgan fingerprint density at radius 2 is 1.88 bits per heavy atom. The molecule has 0 aliphatic carbocycles. The first-order valence-corrected chi connectivity index (χ1v) is 7.82. The van der Waals surface area contributed by atoms with Crippen LogP contribution < -0.4 is 5.32 Å². The lowest BCUT2D eigenvalue weighted by Gasteiger charge is -2.26. The van der Waals surface area contributed by atoms with Crippen molar-refractivity contribution in [2.75, 3.05) is 31.6 Å². The van der Waals surface area contributed by atoms with Crippen molar-refractivity contribution in [2.45, 2.75) is 0 Å². The summed E-state index contributed by atoms with van der Waals surface area (Å²) in [6, 6.07) is 11.6. The molecule has 3 rings (SSSR count). The van der Waals surface area contributed by atoms with Gasteiger partial charge in [-0.1, -0.05) is 0 Å². The summed E-state index contributed by atoms with van der Waals surface area (Å²) in [5.74, 6) is -0.556. The van der Waals surface area contributed by atoms with E-state index in [4.69, 9.17) is 10.00 Å². The van der Waals surface area contributed by atoms with E-state index in [-0.39, 0.29) is 17.5 Å². The van der Waals surface area contributed by atoms with Crippen LogP contribution >= 0.6 is 0 Å². The number of morpholine rings is 1. The molecule has 25 heavy (non-hydrogen) atoms. The number of ether oxygens (including phenoxy) is 1. The average molecular weight is 336 g/mol. The number of rotatable bonds is 3. The predicted octanol–water partition coefficient (Wildman–Crippen LogP) is 1.68. The predicted molar refractivity (Wildman–Crippen MR) is 90.1 cm³/mol. The van der Waals surface area contributed by atoms with E-state index in [9.17, 15) is 9.59 Å². The molecule has 1 saturated heterocycles. The first-order chi connectivity index (χ1) is 12.2. The Bertz CT molecular complexity index is 821. The molecule has 0 radical (unpaired) electrons. The van der Waals surface area contributed by atoms with Crippen LogP contribution in [0.5, 0.6) is 0 Å². The highest BCUT2D eigenvalue weighted by Gasteiger charge is 2.20. The molecule has 2 amide bonds. The molecule has 2 aromatic rings. The summed E-state index contributed by atoms with van der Waals surface area (Å²) in [4.78, 5) is 30.6. The van der Waals surface area contributed by atoms with Crippen LogP contribution in [0.4, 0.5) is 5.69 Å². The van der Waals surface area contributed by atoms with Gasteiger partial charge in [0.15, 0.2) is 0 Å². The molecule has 7 nitrogen and oxygen atoms in total. The lowest BCUT2D eigenvalue weighted by Crippen LogP contribution is -2.41. The zero-order valence-electron chi connectivity index (χ0n) is 13.4. The van der Waals surface area contributed by atoms with Crippen molar-refractivity contribution < 1.29 is 14.3 Å². The quantitative estimate of drug-likeness (QED) is 0.920. The number of nitriles is 1. The minimum absolute atomic E-state index is 0.212. The number of hydrogen-bond donors (Lipinski definition) is 1. The summed E-state index contributed by atoms with van der Waals surface area (Å²) in [6.07, 6.45) is 1.45. The maximum atomic E-state index is 12.4. The summed E-state index contributed by atoms with van der Waals surface area (Å²) in [5.41, 5.74) is 1.66. The Morgan fingerprint density at radius 1 is 1.16 bits per heavy atom. The van der Waals surface area contributed by atoms with E-state index >= 15 is 0 Å². The first-order valence-electron chi connectivity index (χ1n) is 7.82. The van der Waals surface area contributed by atoms with Crippen LogP contribution in [0.15, 0.2) is 42.6 Å². The van der Waals surface area contributed by atoms with Gasteiger partial charge < -0.3 is 15.0 Å². The molecule has 0 bridgehead atoms. The summed E-state index contributed by atoms with van der Waals surface area (Å²) >= 11 is 0. The minimum atomic E-state index is -0.344. The van der Waals surface area contributed by atoms with Gasteiger partial charge in [-0.2, -0.15) is 5.26 Å². The van der Waals surface area contributed by atoms with E-state index < -0.39 is 0 Å². The molecule has 7 heteroatoms. The first kappa shape index (κ1) is 16.6. The molecule has 0 atom stereocenters. The third kappa shape index (κ3) is 4.00. The standard InChI is InChI=1S/C18H16N4O3/c19-12-13-1-3-15(4-2-13)21-17(23)14-5-6-20-16(11-14)18(24)22-7-9-25-10-8-22/h1-6,11H,7-10H2,(H,21,23). The van der Waals surface area contributed by atoms with Crippen LogP contribution in [0.25, 0.3) is 0 Å². The molecule has 0 saturated carbocycles. The third-order valence-corrected chi connectivity index (χ3v) is 3.81. The van der Waals surface area contributed by atoms with E-state index in [1.54, 1.807) is 35.2 Å². The highest BCUT2D eigenvalue weighted by molar-refractivity contribution is 6.05. The highest BCUT2D eigenvalue weighted by atomic mass is 16.5. The fraction of sp³-hybridized carbons (Fsp3) is 0.222. The molecule has 126 valence electrons.